The van der Waals surface area contributed by atoms with Gasteiger partial charge in [-0.3, -0.25) is 20.0 Å². The molecule has 3 rings (SSSR count). The highest BCUT2D eigenvalue weighted by Gasteiger charge is 2.18. The lowest BCUT2D eigenvalue weighted by molar-refractivity contribution is -0.129. The molecule has 2 aromatic rings. The third-order valence-electron chi connectivity index (χ3n) is 5.39. The zero-order valence-electron chi connectivity index (χ0n) is 18.2. The van der Waals surface area contributed by atoms with Crippen LogP contribution in [-0.4, -0.2) is 47.9 Å². The molecule has 1 aromatic heterocycles. The Morgan fingerprint density at radius 3 is 2.00 bits per heavy atom. The summed E-state index contributed by atoms with van der Waals surface area (Å²) >= 11 is 0. The van der Waals surface area contributed by atoms with Crippen molar-refractivity contribution in [3.05, 3.63) is 59.4 Å². The molecule has 1 aromatic carbocycles. The van der Waals surface area contributed by atoms with E-state index in [-0.39, 0.29) is 49.0 Å². The summed E-state index contributed by atoms with van der Waals surface area (Å²) < 4.78 is 0. The van der Waals surface area contributed by atoms with E-state index in [9.17, 15) is 9.59 Å². The maximum atomic E-state index is 11.4. The Kier molecular flexibility index (Phi) is 13.9. The van der Waals surface area contributed by atoms with Gasteiger partial charge in [0.15, 0.2) is 0 Å². The highest BCUT2D eigenvalue weighted by Crippen LogP contribution is 2.17. The molecule has 0 bridgehead atoms. The molecule has 178 valence electrons. The molecule has 32 heavy (non-hydrogen) atoms. The summed E-state index contributed by atoms with van der Waals surface area (Å²) in [5.74, 6) is 5.10. The number of anilines is 1. The van der Waals surface area contributed by atoms with Crippen LogP contribution in [0.2, 0.25) is 0 Å². The first-order valence-corrected chi connectivity index (χ1v) is 10.1. The molecule has 0 radical (unpaired) electrons. The van der Waals surface area contributed by atoms with Crippen LogP contribution in [0.25, 0.3) is 0 Å². The Morgan fingerprint density at radius 2 is 1.50 bits per heavy atom. The minimum absolute atomic E-state index is 0. The minimum atomic E-state index is -0.149. The maximum absolute atomic E-state index is 11.4. The lowest BCUT2D eigenvalue weighted by Crippen LogP contribution is -2.48. The number of nitrogens with two attached hydrogens (primary N) is 1. The Bertz CT molecular complexity index is 826. The van der Waals surface area contributed by atoms with Crippen molar-refractivity contribution >= 4 is 54.7 Å². The van der Waals surface area contributed by atoms with Gasteiger partial charge in [-0.25, -0.2) is 5.84 Å². The number of hydrazine groups is 1. The number of amides is 2. The second-order valence-electron chi connectivity index (χ2n) is 7.38. The number of hydrogen-bond donors (Lipinski definition) is 2. The third kappa shape index (κ3) is 8.82. The number of rotatable bonds is 7. The van der Waals surface area contributed by atoms with Crippen molar-refractivity contribution in [1.82, 2.24) is 15.3 Å². The van der Waals surface area contributed by atoms with Crippen LogP contribution in [0, 0.1) is 0 Å². The number of benzene rings is 1. The average molecular weight is 505 g/mol. The number of carbonyl (C=O) groups excluding carboxylic acids is 2. The molecule has 1 aliphatic heterocycles. The molecule has 3 N–H and O–H groups in total. The van der Waals surface area contributed by atoms with Crippen molar-refractivity contribution < 1.29 is 9.59 Å². The first-order valence-electron chi connectivity index (χ1n) is 10.1. The number of halogens is 3. The van der Waals surface area contributed by atoms with Gasteiger partial charge in [0, 0.05) is 45.2 Å². The molecule has 1 fully saturated rings. The Labute approximate surface area is 208 Å². The SMILES string of the molecule is CC(=O)N1CCN(c2ccc(CCc3ccc(CCC(=O)NN)cc3)nc2)CC1.Cl.Cl.Cl. The van der Waals surface area contributed by atoms with Crippen LogP contribution in [0.15, 0.2) is 42.6 Å². The van der Waals surface area contributed by atoms with E-state index in [2.05, 4.69) is 51.7 Å². The predicted octanol–water partition coefficient (Wildman–Crippen LogP) is 2.72. The van der Waals surface area contributed by atoms with Crippen LogP contribution >= 0.6 is 37.2 Å². The number of nitrogens with one attached hydrogen (secondary N) is 1. The Balaban J connectivity index is 0.00000320. The number of piperazine rings is 1. The number of hydrogen-bond acceptors (Lipinski definition) is 5. The van der Waals surface area contributed by atoms with Crippen molar-refractivity contribution in [3.8, 4) is 0 Å². The van der Waals surface area contributed by atoms with Gasteiger partial charge in [0.2, 0.25) is 11.8 Å². The first-order chi connectivity index (χ1) is 14.0. The van der Waals surface area contributed by atoms with Crippen LogP contribution in [0.1, 0.15) is 30.2 Å². The summed E-state index contributed by atoms with van der Waals surface area (Å²) in [5.41, 5.74) is 6.72. The molecule has 2 heterocycles. The number of carbonyl (C=O) groups is 2. The molecule has 7 nitrogen and oxygen atoms in total. The number of aromatic nitrogens is 1. The van der Waals surface area contributed by atoms with Crippen LogP contribution in [0.3, 0.4) is 0 Å². The van der Waals surface area contributed by atoms with E-state index in [0.717, 1.165) is 56.0 Å². The van der Waals surface area contributed by atoms with Crippen molar-refractivity contribution in [2.75, 3.05) is 31.1 Å². The number of nitrogens with zero attached hydrogens (tertiary/aromatic N) is 3. The highest BCUT2D eigenvalue weighted by atomic mass is 35.5. The Hall–Kier alpha value is -2.06. The van der Waals surface area contributed by atoms with Gasteiger partial charge in [0.1, 0.15) is 0 Å². The first kappa shape index (κ1) is 29.9. The molecule has 0 saturated carbocycles. The van der Waals surface area contributed by atoms with Crippen LogP contribution < -0.4 is 16.2 Å². The van der Waals surface area contributed by atoms with E-state index in [1.54, 1.807) is 6.92 Å². The van der Waals surface area contributed by atoms with Crippen molar-refractivity contribution in [2.45, 2.75) is 32.6 Å². The summed E-state index contributed by atoms with van der Waals surface area (Å²) in [7, 11) is 0. The zero-order chi connectivity index (χ0) is 20.6. The smallest absolute Gasteiger partial charge is 0.234 e. The number of pyridine rings is 1. The normalized spacial score (nSPS) is 12.7. The van der Waals surface area contributed by atoms with E-state index in [1.165, 1.54) is 5.56 Å². The van der Waals surface area contributed by atoms with E-state index in [0.29, 0.717) is 12.8 Å². The van der Waals surface area contributed by atoms with Gasteiger partial charge in [0.05, 0.1) is 11.9 Å². The lowest BCUT2D eigenvalue weighted by Gasteiger charge is -2.35. The average Bonchev–Trinajstić information content (AvgIpc) is 2.77. The second-order valence-corrected chi connectivity index (χ2v) is 7.38. The molecule has 1 saturated heterocycles. The van der Waals surface area contributed by atoms with E-state index >= 15 is 0 Å². The van der Waals surface area contributed by atoms with Crippen molar-refractivity contribution in [3.63, 3.8) is 0 Å². The fourth-order valence-electron chi connectivity index (χ4n) is 3.51. The minimum Gasteiger partial charge on any atom is -0.367 e. The maximum Gasteiger partial charge on any atom is 0.234 e. The van der Waals surface area contributed by atoms with E-state index in [1.807, 2.05) is 11.1 Å². The molecular weight excluding hydrogens is 473 g/mol. The van der Waals surface area contributed by atoms with Crippen LogP contribution in [0.5, 0.6) is 0 Å². The summed E-state index contributed by atoms with van der Waals surface area (Å²) in [6, 6.07) is 12.6. The molecule has 0 unspecified atom stereocenters. The standard InChI is InChI=1S/C22H29N5O2.3ClH/c1-17(28)26-12-14-27(15-13-26)21-10-9-20(24-16-21)8-6-18-2-4-19(5-3-18)7-11-22(29)25-23;;;/h2-5,9-10,16H,6-8,11-15,23H2,1H3,(H,25,29);3*1H. The van der Waals surface area contributed by atoms with Crippen LogP contribution in [-0.2, 0) is 28.9 Å². The molecule has 0 atom stereocenters. The largest absolute Gasteiger partial charge is 0.367 e. The molecule has 0 spiro atoms. The van der Waals surface area contributed by atoms with Gasteiger partial charge in [-0.1, -0.05) is 24.3 Å². The summed E-state index contributed by atoms with van der Waals surface area (Å²) in [6.45, 7) is 4.85. The summed E-state index contributed by atoms with van der Waals surface area (Å²) in [4.78, 5) is 31.4. The summed E-state index contributed by atoms with van der Waals surface area (Å²) in [6.07, 6.45) is 4.83. The van der Waals surface area contributed by atoms with E-state index in [4.69, 9.17) is 5.84 Å². The monoisotopic (exact) mass is 503 g/mol. The van der Waals surface area contributed by atoms with Gasteiger partial charge >= 0.3 is 0 Å². The quantitative estimate of drug-likeness (QED) is 0.344. The van der Waals surface area contributed by atoms with Gasteiger partial charge in [-0.05, 0) is 42.5 Å². The zero-order valence-corrected chi connectivity index (χ0v) is 20.6. The fraction of sp³-hybridized carbons (Fsp3) is 0.409. The summed E-state index contributed by atoms with van der Waals surface area (Å²) in [5, 5.41) is 0. The molecule has 0 aliphatic carbocycles. The lowest BCUT2D eigenvalue weighted by atomic mass is 10.0. The topological polar surface area (TPSA) is 91.6 Å². The van der Waals surface area contributed by atoms with E-state index < -0.39 is 0 Å². The predicted molar refractivity (Wildman–Crippen MR) is 135 cm³/mol. The molecule has 10 heteroatoms. The van der Waals surface area contributed by atoms with Crippen molar-refractivity contribution in [2.24, 2.45) is 5.84 Å². The van der Waals surface area contributed by atoms with Crippen LogP contribution in [0.4, 0.5) is 5.69 Å². The van der Waals surface area contributed by atoms with Gasteiger partial charge in [0.25, 0.3) is 0 Å². The van der Waals surface area contributed by atoms with Crippen molar-refractivity contribution in [1.29, 1.82) is 0 Å². The number of aryl methyl sites for hydroxylation is 3. The van der Waals surface area contributed by atoms with Gasteiger partial charge < -0.3 is 9.80 Å². The second kappa shape index (κ2) is 14.9. The highest BCUT2D eigenvalue weighted by molar-refractivity contribution is 5.86. The molecular formula is C22H32Cl3N5O2. The Morgan fingerprint density at radius 1 is 0.906 bits per heavy atom. The molecule has 2 amide bonds. The fourth-order valence-corrected chi connectivity index (χ4v) is 3.51. The molecule has 1 aliphatic rings. The van der Waals surface area contributed by atoms with Gasteiger partial charge in [-0.15, -0.1) is 37.2 Å². The third-order valence-corrected chi connectivity index (χ3v) is 5.39. The van der Waals surface area contributed by atoms with Gasteiger partial charge in [-0.2, -0.15) is 0 Å².